The van der Waals surface area contributed by atoms with Gasteiger partial charge in [0.25, 0.3) is 0 Å². The summed E-state index contributed by atoms with van der Waals surface area (Å²) < 4.78 is 6.72. The molecule has 3 heterocycles. The normalized spacial score (nSPS) is 20.3. The lowest BCUT2D eigenvalue weighted by molar-refractivity contribution is -0.245. The van der Waals surface area contributed by atoms with Crippen LogP contribution in [-0.2, 0) is 22.4 Å². The summed E-state index contributed by atoms with van der Waals surface area (Å²) in [5, 5.41) is 14.4. The third kappa shape index (κ3) is 3.89. The van der Waals surface area contributed by atoms with E-state index >= 15 is 0 Å². The van der Waals surface area contributed by atoms with Crippen LogP contribution in [0.4, 0.5) is 5.13 Å². The molecule has 1 aromatic heterocycles. The second-order valence-electron chi connectivity index (χ2n) is 10.1. The Labute approximate surface area is 225 Å². The van der Waals surface area contributed by atoms with Crippen LogP contribution in [0.1, 0.15) is 53.3 Å². The van der Waals surface area contributed by atoms with E-state index in [1.165, 1.54) is 16.2 Å². The topological polar surface area (TPSA) is 82.6 Å². The van der Waals surface area contributed by atoms with Crippen LogP contribution in [0.15, 0.2) is 60.2 Å². The van der Waals surface area contributed by atoms with Gasteiger partial charge < -0.3 is 9.84 Å². The molecule has 2 atom stereocenters. The van der Waals surface area contributed by atoms with Crippen LogP contribution in [0.2, 0.25) is 0 Å². The molecule has 0 aliphatic carbocycles. The van der Waals surface area contributed by atoms with Gasteiger partial charge in [0, 0.05) is 12.0 Å². The minimum absolute atomic E-state index is 0.0316. The summed E-state index contributed by atoms with van der Waals surface area (Å²) >= 11 is 1.36. The largest absolute Gasteiger partial charge is 0.872 e. The summed E-state index contributed by atoms with van der Waals surface area (Å²) in [5.41, 5.74) is 5.99. The van der Waals surface area contributed by atoms with Crippen molar-refractivity contribution in [2.24, 2.45) is 0 Å². The maximum Gasteiger partial charge on any atom is 0.301 e. The molecule has 38 heavy (non-hydrogen) atoms. The molecular weight excluding hydrogens is 496 g/mol. The van der Waals surface area contributed by atoms with Gasteiger partial charge in [-0.15, -0.1) is 0 Å². The van der Waals surface area contributed by atoms with Gasteiger partial charge in [-0.3, -0.25) is 14.5 Å². The summed E-state index contributed by atoms with van der Waals surface area (Å²) in [7, 11) is 0. The molecule has 1 fully saturated rings. The number of ketones is 1. The number of carbonyl (C=O) groups excluding carboxylic acids is 2. The zero-order valence-corrected chi connectivity index (χ0v) is 22.5. The molecule has 6 rings (SSSR count). The second-order valence-corrected chi connectivity index (χ2v) is 11.1. The first-order chi connectivity index (χ1) is 18.2. The zero-order chi connectivity index (χ0) is 26.7. The zero-order valence-electron chi connectivity index (χ0n) is 21.7. The fourth-order valence-electron chi connectivity index (χ4n) is 5.45. The van der Waals surface area contributed by atoms with Crippen LogP contribution in [0.5, 0.6) is 5.75 Å². The molecule has 6 nitrogen and oxygen atoms in total. The molecule has 1 amide bonds. The van der Waals surface area contributed by atoms with E-state index in [9.17, 15) is 14.7 Å². The van der Waals surface area contributed by atoms with Crippen molar-refractivity contribution in [1.29, 1.82) is 0 Å². The van der Waals surface area contributed by atoms with Crippen LogP contribution >= 0.6 is 11.3 Å². The van der Waals surface area contributed by atoms with E-state index in [-0.39, 0.29) is 11.7 Å². The predicted octanol–water partition coefficient (Wildman–Crippen LogP) is 5.23. The molecule has 4 aromatic rings. The van der Waals surface area contributed by atoms with Gasteiger partial charge in [0.05, 0.1) is 16.3 Å². The minimum Gasteiger partial charge on any atom is -0.872 e. The van der Waals surface area contributed by atoms with Crippen LogP contribution < -0.4 is 14.7 Å². The highest BCUT2D eigenvalue weighted by Crippen LogP contribution is 2.44. The number of Topliss-reactive ketones (excluding diaryl/α,β-unsaturated/α-hetero) is 1. The maximum absolute atomic E-state index is 13.9. The van der Waals surface area contributed by atoms with E-state index < -0.39 is 23.5 Å². The molecule has 0 spiro atoms. The van der Waals surface area contributed by atoms with Gasteiger partial charge >= 0.3 is 5.91 Å². The van der Waals surface area contributed by atoms with Crippen molar-refractivity contribution in [2.75, 3.05) is 4.90 Å². The molecular formula is C31H27N2O4S-. The molecule has 0 bridgehead atoms. The second kappa shape index (κ2) is 9.10. The molecule has 2 unspecified atom stereocenters. The van der Waals surface area contributed by atoms with Crippen LogP contribution in [0, 0.1) is 13.8 Å². The first-order valence-corrected chi connectivity index (χ1v) is 13.6. The number of fused-ring (bicyclic) bond motifs is 2. The Balaban J connectivity index is 1.54. The maximum atomic E-state index is 13.9. The smallest absolute Gasteiger partial charge is 0.301 e. The van der Waals surface area contributed by atoms with E-state index in [1.807, 2.05) is 57.2 Å². The number of nitrogens with zero attached hydrogens (tertiary/aromatic N) is 2. The van der Waals surface area contributed by atoms with Gasteiger partial charge in [0.15, 0.2) is 5.13 Å². The highest BCUT2D eigenvalue weighted by Gasteiger charge is 2.46. The van der Waals surface area contributed by atoms with Gasteiger partial charge in [0.2, 0.25) is 5.78 Å². The number of hydrogen-bond donors (Lipinski definition) is 0. The lowest BCUT2D eigenvalue weighted by Crippen LogP contribution is -2.29. The number of amides is 1. The average Bonchev–Trinajstić information content (AvgIpc) is 3.56. The summed E-state index contributed by atoms with van der Waals surface area (Å²) in [6.45, 7) is 8.04. The average molecular weight is 524 g/mol. The summed E-state index contributed by atoms with van der Waals surface area (Å²) in [4.78, 5) is 33.3. The van der Waals surface area contributed by atoms with Gasteiger partial charge in [-0.05, 0) is 78.8 Å². The van der Waals surface area contributed by atoms with Crippen LogP contribution in [-0.4, -0.2) is 22.8 Å². The van der Waals surface area contributed by atoms with Gasteiger partial charge in [-0.1, -0.05) is 60.4 Å². The number of rotatable bonds is 4. The molecule has 192 valence electrons. The standard InChI is InChI=1S/C31H28N2O4S/c1-5-19-6-8-20(9-7-19)27-25(28(34)21-10-11-23-22(15-21)14-18(4)37-23)29(35)30(36)33(27)31-32-26-17(3)12-16(2)13-24(26)38-31/h6-13,15,18,27,34H,5,14H2,1-4H3/p-1. The van der Waals surface area contributed by atoms with Gasteiger partial charge in [-0.25, -0.2) is 4.98 Å². The van der Waals surface area contributed by atoms with Crippen molar-refractivity contribution < 1.29 is 19.4 Å². The van der Waals surface area contributed by atoms with Crippen LogP contribution in [0.25, 0.3) is 16.0 Å². The monoisotopic (exact) mass is 523 g/mol. The Morgan fingerprint density at radius 2 is 1.87 bits per heavy atom. The van der Waals surface area contributed by atoms with E-state index in [2.05, 4.69) is 6.92 Å². The highest BCUT2D eigenvalue weighted by atomic mass is 32.1. The Morgan fingerprint density at radius 3 is 2.61 bits per heavy atom. The summed E-state index contributed by atoms with van der Waals surface area (Å²) in [5.74, 6) is -1.20. The number of aromatic nitrogens is 1. The number of ether oxygens (including phenoxy) is 1. The Morgan fingerprint density at radius 1 is 1.11 bits per heavy atom. The first-order valence-electron chi connectivity index (χ1n) is 12.8. The van der Waals surface area contributed by atoms with Gasteiger partial charge in [0.1, 0.15) is 11.9 Å². The van der Waals surface area contributed by atoms with E-state index in [4.69, 9.17) is 9.72 Å². The lowest BCUT2D eigenvalue weighted by atomic mass is 9.94. The fourth-order valence-corrected chi connectivity index (χ4v) is 6.62. The van der Waals surface area contributed by atoms with Crippen molar-refractivity contribution in [2.45, 2.75) is 52.7 Å². The lowest BCUT2D eigenvalue weighted by Gasteiger charge is -2.26. The fraction of sp³-hybridized carbons (Fsp3) is 0.258. The Kier molecular flexibility index (Phi) is 5.83. The Hall–Kier alpha value is -3.97. The molecule has 0 N–H and O–H groups in total. The first kappa shape index (κ1) is 24.4. The van der Waals surface area contributed by atoms with E-state index in [1.54, 1.807) is 18.2 Å². The highest BCUT2D eigenvalue weighted by molar-refractivity contribution is 7.22. The molecule has 3 aromatic carbocycles. The molecule has 2 aliphatic rings. The summed E-state index contributed by atoms with van der Waals surface area (Å²) in [6, 6.07) is 16.2. The molecule has 7 heteroatoms. The SMILES string of the molecule is CCc1ccc(C2C(=C([O-])c3ccc4c(c3)CC(C)O4)C(=O)C(=O)N2c2nc3c(C)cc(C)cc3s2)cc1. The molecule has 0 radical (unpaired) electrons. The third-order valence-corrected chi connectivity index (χ3v) is 8.32. The summed E-state index contributed by atoms with van der Waals surface area (Å²) in [6.07, 6.45) is 1.58. The van der Waals surface area contributed by atoms with Crippen LogP contribution in [0.3, 0.4) is 0 Å². The molecule has 2 aliphatic heterocycles. The van der Waals surface area contributed by atoms with Crippen molar-refractivity contribution in [3.05, 3.63) is 93.6 Å². The number of carbonyl (C=O) groups is 2. The molecule has 1 saturated heterocycles. The van der Waals surface area contributed by atoms with Gasteiger partial charge in [-0.2, -0.15) is 0 Å². The quantitative estimate of drug-likeness (QED) is 0.208. The van der Waals surface area contributed by atoms with Crippen molar-refractivity contribution in [3.63, 3.8) is 0 Å². The van der Waals surface area contributed by atoms with Crippen molar-refractivity contribution in [1.82, 2.24) is 4.98 Å². The number of benzene rings is 3. The van der Waals surface area contributed by atoms with E-state index in [0.29, 0.717) is 22.7 Å². The minimum atomic E-state index is -0.862. The number of thiazole rings is 1. The third-order valence-electron chi connectivity index (χ3n) is 7.32. The number of anilines is 1. The predicted molar refractivity (Wildman–Crippen MR) is 147 cm³/mol. The van der Waals surface area contributed by atoms with Crippen molar-refractivity contribution in [3.8, 4) is 5.75 Å². The number of hydrogen-bond acceptors (Lipinski definition) is 6. The molecule has 0 saturated carbocycles. The Bertz CT molecular complexity index is 1650. The van der Waals surface area contributed by atoms with Crippen molar-refractivity contribution >= 4 is 44.1 Å². The van der Waals surface area contributed by atoms with E-state index in [0.717, 1.165) is 44.6 Å². The number of aryl methyl sites for hydroxylation is 3.